The molecule has 2 heterocycles. The Morgan fingerprint density at radius 2 is 1.54 bits per heavy atom. The molecule has 0 amide bonds. The van der Waals surface area contributed by atoms with Crippen molar-refractivity contribution in [2.45, 2.75) is 20.3 Å². The minimum absolute atomic E-state index is 0.823. The van der Waals surface area contributed by atoms with E-state index in [2.05, 4.69) is 13.8 Å². The van der Waals surface area contributed by atoms with Gasteiger partial charge in [0.05, 0.1) is 26.4 Å². The van der Waals surface area contributed by atoms with Crippen LogP contribution in [-0.4, -0.2) is 26.4 Å². The maximum absolute atomic E-state index is 5.29. The van der Waals surface area contributed by atoms with Gasteiger partial charge in [0, 0.05) is 11.8 Å². The Balaban J connectivity index is 1.92. The first-order chi connectivity index (χ1) is 6.33. The quantitative estimate of drug-likeness (QED) is 0.664. The topological polar surface area (TPSA) is 18.5 Å². The molecule has 2 heteroatoms. The summed E-state index contributed by atoms with van der Waals surface area (Å²) < 4.78 is 10.6. The van der Waals surface area contributed by atoms with Gasteiger partial charge in [-0.1, -0.05) is 20.3 Å². The van der Waals surface area contributed by atoms with Crippen molar-refractivity contribution in [2.24, 2.45) is 23.7 Å². The second kappa shape index (κ2) is 3.97. The average molecular weight is 184 g/mol. The third-order valence-electron chi connectivity index (χ3n) is 3.72. The fourth-order valence-corrected chi connectivity index (χ4v) is 2.54. The molecule has 0 saturated carbocycles. The molecule has 2 fully saturated rings. The van der Waals surface area contributed by atoms with Crippen molar-refractivity contribution in [3.05, 3.63) is 0 Å². The second-order valence-corrected chi connectivity index (χ2v) is 4.56. The lowest BCUT2D eigenvalue weighted by Gasteiger charge is -2.44. The van der Waals surface area contributed by atoms with Gasteiger partial charge in [-0.15, -0.1) is 0 Å². The maximum Gasteiger partial charge on any atom is 0.0519 e. The van der Waals surface area contributed by atoms with Crippen molar-refractivity contribution in [3.63, 3.8) is 0 Å². The van der Waals surface area contributed by atoms with Crippen LogP contribution in [0.2, 0.25) is 0 Å². The second-order valence-electron chi connectivity index (χ2n) is 4.56. The number of rotatable bonds is 4. The number of hydrogen-bond acceptors (Lipinski definition) is 2. The summed E-state index contributed by atoms with van der Waals surface area (Å²) in [5.74, 6) is 3.34. The zero-order chi connectivity index (χ0) is 9.26. The minimum atomic E-state index is 0.823. The average Bonchev–Trinajstić information content (AvgIpc) is 1.95. The lowest BCUT2D eigenvalue weighted by atomic mass is 9.71. The van der Waals surface area contributed by atoms with Gasteiger partial charge < -0.3 is 9.47 Å². The van der Waals surface area contributed by atoms with Gasteiger partial charge in [0.1, 0.15) is 0 Å². The summed E-state index contributed by atoms with van der Waals surface area (Å²) in [7, 11) is 0. The molecule has 0 aromatic carbocycles. The van der Waals surface area contributed by atoms with Crippen LogP contribution in [0.15, 0.2) is 0 Å². The molecule has 2 aliphatic rings. The predicted octanol–water partition coefficient (Wildman–Crippen LogP) is 1.94. The molecule has 0 aromatic heterocycles. The van der Waals surface area contributed by atoms with Crippen LogP contribution in [0.25, 0.3) is 0 Å². The molecule has 0 N–H and O–H groups in total. The molecule has 1 atom stereocenters. The van der Waals surface area contributed by atoms with E-state index in [4.69, 9.17) is 9.47 Å². The van der Waals surface area contributed by atoms with Gasteiger partial charge in [-0.3, -0.25) is 0 Å². The third-order valence-corrected chi connectivity index (χ3v) is 3.72. The molecule has 1 unspecified atom stereocenters. The van der Waals surface area contributed by atoms with Crippen LogP contribution in [0.3, 0.4) is 0 Å². The highest BCUT2D eigenvalue weighted by atomic mass is 16.5. The zero-order valence-corrected chi connectivity index (χ0v) is 8.66. The Morgan fingerprint density at radius 1 is 1.08 bits per heavy atom. The van der Waals surface area contributed by atoms with Gasteiger partial charge >= 0.3 is 0 Å². The van der Waals surface area contributed by atoms with Crippen molar-refractivity contribution in [2.75, 3.05) is 26.4 Å². The molecule has 0 spiro atoms. The molecule has 0 bridgehead atoms. The highest BCUT2D eigenvalue weighted by Crippen LogP contribution is 2.38. The van der Waals surface area contributed by atoms with E-state index < -0.39 is 0 Å². The third kappa shape index (κ3) is 1.75. The minimum Gasteiger partial charge on any atom is -0.381 e. The van der Waals surface area contributed by atoms with Gasteiger partial charge in [0.2, 0.25) is 0 Å². The van der Waals surface area contributed by atoms with Crippen molar-refractivity contribution in [1.82, 2.24) is 0 Å². The molecule has 2 saturated heterocycles. The molecule has 0 aliphatic carbocycles. The van der Waals surface area contributed by atoms with Gasteiger partial charge in [-0.25, -0.2) is 0 Å². The largest absolute Gasteiger partial charge is 0.381 e. The van der Waals surface area contributed by atoms with E-state index in [1.165, 1.54) is 6.42 Å². The van der Waals surface area contributed by atoms with Crippen LogP contribution in [-0.2, 0) is 9.47 Å². The van der Waals surface area contributed by atoms with E-state index >= 15 is 0 Å². The molecule has 0 radical (unpaired) electrons. The van der Waals surface area contributed by atoms with Crippen molar-refractivity contribution < 1.29 is 9.47 Å². The Hall–Kier alpha value is -0.0800. The van der Waals surface area contributed by atoms with E-state index in [-0.39, 0.29) is 0 Å². The fourth-order valence-electron chi connectivity index (χ4n) is 2.54. The first kappa shape index (κ1) is 9.47. The van der Waals surface area contributed by atoms with Crippen LogP contribution in [0.4, 0.5) is 0 Å². The van der Waals surface area contributed by atoms with Crippen molar-refractivity contribution >= 4 is 0 Å². The summed E-state index contributed by atoms with van der Waals surface area (Å²) >= 11 is 0. The summed E-state index contributed by atoms with van der Waals surface area (Å²) in [6.45, 7) is 8.63. The van der Waals surface area contributed by atoms with Crippen LogP contribution in [0, 0.1) is 23.7 Å². The molecule has 2 nitrogen and oxygen atoms in total. The normalized spacial score (nSPS) is 27.0. The SMILES string of the molecule is CCC(C)C(C1COC1)C1COC1. The fraction of sp³-hybridized carbons (Fsp3) is 1.00. The van der Waals surface area contributed by atoms with Crippen LogP contribution >= 0.6 is 0 Å². The molecular formula is C11H20O2. The lowest BCUT2D eigenvalue weighted by Crippen LogP contribution is -2.47. The summed E-state index contributed by atoms with van der Waals surface area (Å²) in [6.07, 6.45) is 1.29. The summed E-state index contributed by atoms with van der Waals surface area (Å²) in [6, 6.07) is 0. The lowest BCUT2D eigenvalue weighted by molar-refractivity contribution is -0.141. The van der Waals surface area contributed by atoms with Gasteiger partial charge in [0.15, 0.2) is 0 Å². The van der Waals surface area contributed by atoms with E-state index in [0.29, 0.717) is 0 Å². The highest BCUT2D eigenvalue weighted by molar-refractivity contribution is 4.86. The van der Waals surface area contributed by atoms with Crippen LogP contribution in [0.1, 0.15) is 20.3 Å². The van der Waals surface area contributed by atoms with Gasteiger partial charge in [-0.2, -0.15) is 0 Å². The smallest absolute Gasteiger partial charge is 0.0519 e. The van der Waals surface area contributed by atoms with E-state index in [1.54, 1.807) is 0 Å². The van der Waals surface area contributed by atoms with E-state index in [1.807, 2.05) is 0 Å². The molecule has 2 rings (SSSR count). The van der Waals surface area contributed by atoms with E-state index in [0.717, 1.165) is 50.1 Å². The maximum atomic E-state index is 5.29. The Bertz CT molecular complexity index is 141. The first-order valence-electron chi connectivity index (χ1n) is 5.48. The summed E-state index contributed by atoms with van der Waals surface area (Å²) in [5, 5.41) is 0. The number of ether oxygens (including phenoxy) is 2. The molecule has 13 heavy (non-hydrogen) atoms. The predicted molar refractivity (Wildman–Crippen MR) is 51.6 cm³/mol. The Labute approximate surface area is 80.6 Å². The molecule has 0 aromatic rings. The Kier molecular flexibility index (Phi) is 2.89. The first-order valence-corrected chi connectivity index (χ1v) is 5.48. The molecule has 2 aliphatic heterocycles. The number of hydrogen-bond donors (Lipinski definition) is 0. The van der Waals surface area contributed by atoms with E-state index in [9.17, 15) is 0 Å². The summed E-state index contributed by atoms with van der Waals surface area (Å²) in [5.41, 5.74) is 0. The van der Waals surface area contributed by atoms with Crippen LogP contribution < -0.4 is 0 Å². The molecular weight excluding hydrogens is 164 g/mol. The summed E-state index contributed by atoms with van der Waals surface area (Å²) in [4.78, 5) is 0. The molecule has 76 valence electrons. The van der Waals surface area contributed by atoms with Gasteiger partial charge in [-0.05, 0) is 11.8 Å². The zero-order valence-electron chi connectivity index (χ0n) is 8.66. The van der Waals surface area contributed by atoms with Crippen molar-refractivity contribution in [1.29, 1.82) is 0 Å². The highest BCUT2D eigenvalue weighted by Gasteiger charge is 2.39. The Morgan fingerprint density at radius 3 is 1.77 bits per heavy atom. The monoisotopic (exact) mass is 184 g/mol. The van der Waals surface area contributed by atoms with Crippen molar-refractivity contribution in [3.8, 4) is 0 Å². The van der Waals surface area contributed by atoms with Gasteiger partial charge in [0.25, 0.3) is 0 Å². The standard InChI is InChI=1S/C11H20O2/c1-3-8(2)11(9-4-12-5-9)10-6-13-7-10/h8-11H,3-7H2,1-2H3. The van der Waals surface area contributed by atoms with Crippen LogP contribution in [0.5, 0.6) is 0 Å².